The van der Waals surface area contributed by atoms with Crippen molar-refractivity contribution in [2.45, 2.75) is 19.4 Å². The first-order chi connectivity index (χ1) is 10.1. The Morgan fingerprint density at radius 2 is 2.29 bits per heavy atom. The average Bonchev–Trinajstić information content (AvgIpc) is 2.97. The number of oxime groups is 1. The Balaban J connectivity index is 2.06. The fourth-order valence-electron chi connectivity index (χ4n) is 2.86. The van der Waals surface area contributed by atoms with Crippen molar-refractivity contribution in [3.63, 3.8) is 0 Å². The fraction of sp³-hybridized carbons (Fsp3) is 0.267. The van der Waals surface area contributed by atoms with Gasteiger partial charge in [0.2, 0.25) is 0 Å². The Morgan fingerprint density at radius 3 is 3.05 bits per heavy atom. The molecule has 3 rings (SSSR count). The standard InChI is InChI=1S/C15H16FN3OS/c1-9-11-5-7-21-14(11)4-6-19(9)13-3-2-10(16)8-12(13)15(17)18-20/h2-3,5,7-9,20H,4,6H2,1H3,(H2,17,18). The zero-order valence-electron chi connectivity index (χ0n) is 11.6. The van der Waals surface area contributed by atoms with E-state index < -0.39 is 5.82 Å². The molecule has 2 aromatic rings. The van der Waals surface area contributed by atoms with Crippen LogP contribution in [0.1, 0.15) is 29.0 Å². The summed E-state index contributed by atoms with van der Waals surface area (Å²) in [5.41, 5.74) is 8.20. The van der Waals surface area contributed by atoms with E-state index in [9.17, 15) is 4.39 Å². The van der Waals surface area contributed by atoms with Gasteiger partial charge >= 0.3 is 0 Å². The zero-order valence-corrected chi connectivity index (χ0v) is 12.4. The minimum absolute atomic E-state index is 0.0761. The van der Waals surface area contributed by atoms with Gasteiger partial charge in [-0.2, -0.15) is 0 Å². The second-order valence-electron chi connectivity index (χ2n) is 5.07. The van der Waals surface area contributed by atoms with Gasteiger partial charge < -0.3 is 15.8 Å². The van der Waals surface area contributed by atoms with Crippen molar-refractivity contribution in [3.8, 4) is 0 Å². The van der Waals surface area contributed by atoms with Crippen LogP contribution in [0.3, 0.4) is 0 Å². The van der Waals surface area contributed by atoms with Crippen molar-refractivity contribution in [1.82, 2.24) is 0 Å². The van der Waals surface area contributed by atoms with E-state index in [1.165, 1.54) is 22.6 Å². The SMILES string of the molecule is CC1c2ccsc2CCN1c1ccc(F)cc1C(N)=NO. The number of rotatable bonds is 2. The molecule has 0 fully saturated rings. The number of anilines is 1. The van der Waals surface area contributed by atoms with Crippen LogP contribution >= 0.6 is 11.3 Å². The quantitative estimate of drug-likeness (QED) is 0.388. The number of fused-ring (bicyclic) bond motifs is 1. The first-order valence-electron chi connectivity index (χ1n) is 6.72. The van der Waals surface area contributed by atoms with E-state index >= 15 is 0 Å². The predicted molar refractivity (Wildman–Crippen MR) is 82.7 cm³/mol. The molecule has 4 nitrogen and oxygen atoms in total. The topological polar surface area (TPSA) is 61.8 Å². The van der Waals surface area contributed by atoms with Gasteiger partial charge in [-0.1, -0.05) is 5.16 Å². The molecule has 1 aromatic heterocycles. The van der Waals surface area contributed by atoms with Crippen molar-refractivity contribution in [2.75, 3.05) is 11.4 Å². The fourth-order valence-corrected chi connectivity index (χ4v) is 3.82. The number of hydrogen-bond acceptors (Lipinski definition) is 4. The van der Waals surface area contributed by atoms with Crippen molar-refractivity contribution < 1.29 is 9.60 Å². The molecule has 0 saturated carbocycles. The normalized spacial score (nSPS) is 18.7. The molecular formula is C15H16FN3OS. The summed E-state index contributed by atoms with van der Waals surface area (Å²) in [6.45, 7) is 2.94. The van der Waals surface area contributed by atoms with E-state index in [1.54, 1.807) is 17.4 Å². The van der Waals surface area contributed by atoms with Gasteiger partial charge in [0.05, 0.1) is 6.04 Å². The number of benzene rings is 1. The smallest absolute Gasteiger partial charge is 0.172 e. The molecule has 110 valence electrons. The molecule has 0 radical (unpaired) electrons. The number of amidine groups is 1. The van der Waals surface area contributed by atoms with Gasteiger partial charge in [-0.05, 0) is 48.6 Å². The summed E-state index contributed by atoms with van der Waals surface area (Å²) in [5.74, 6) is -0.478. The van der Waals surface area contributed by atoms with Crippen LogP contribution < -0.4 is 10.6 Å². The summed E-state index contributed by atoms with van der Waals surface area (Å²) < 4.78 is 13.5. The molecule has 1 aliphatic rings. The summed E-state index contributed by atoms with van der Waals surface area (Å²) in [6.07, 6.45) is 0.949. The van der Waals surface area contributed by atoms with Gasteiger partial charge in [-0.25, -0.2) is 4.39 Å². The highest BCUT2D eigenvalue weighted by Gasteiger charge is 2.27. The van der Waals surface area contributed by atoms with Crippen molar-refractivity contribution in [3.05, 3.63) is 51.5 Å². The summed E-state index contributed by atoms with van der Waals surface area (Å²) in [5, 5.41) is 14.0. The molecule has 6 heteroatoms. The third kappa shape index (κ3) is 2.35. The third-order valence-electron chi connectivity index (χ3n) is 3.93. The van der Waals surface area contributed by atoms with E-state index in [0.717, 1.165) is 18.7 Å². The highest BCUT2D eigenvalue weighted by Crippen LogP contribution is 2.37. The Labute approximate surface area is 126 Å². The molecule has 3 N–H and O–H groups in total. The van der Waals surface area contributed by atoms with Crippen molar-refractivity contribution in [1.29, 1.82) is 0 Å². The van der Waals surface area contributed by atoms with E-state index in [0.29, 0.717) is 5.56 Å². The van der Waals surface area contributed by atoms with Gasteiger partial charge in [0, 0.05) is 22.7 Å². The molecule has 21 heavy (non-hydrogen) atoms. The average molecular weight is 305 g/mol. The second-order valence-corrected chi connectivity index (χ2v) is 6.07. The maximum Gasteiger partial charge on any atom is 0.172 e. The second kappa shape index (κ2) is 5.37. The summed E-state index contributed by atoms with van der Waals surface area (Å²) >= 11 is 1.77. The van der Waals surface area contributed by atoms with E-state index in [1.807, 2.05) is 0 Å². The Morgan fingerprint density at radius 1 is 1.48 bits per heavy atom. The van der Waals surface area contributed by atoms with Crippen LogP contribution in [0.5, 0.6) is 0 Å². The Hall–Kier alpha value is -2.08. The van der Waals surface area contributed by atoms with Crippen molar-refractivity contribution in [2.24, 2.45) is 10.9 Å². The van der Waals surface area contributed by atoms with Gasteiger partial charge in [0.25, 0.3) is 0 Å². The predicted octanol–water partition coefficient (Wildman–Crippen LogP) is 3.11. The molecule has 1 atom stereocenters. The molecule has 0 bridgehead atoms. The van der Waals surface area contributed by atoms with Gasteiger partial charge in [-0.15, -0.1) is 11.3 Å². The third-order valence-corrected chi connectivity index (χ3v) is 4.93. The van der Waals surface area contributed by atoms with Gasteiger partial charge in [0.15, 0.2) is 5.84 Å². The van der Waals surface area contributed by atoms with Gasteiger partial charge in [-0.3, -0.25) is 0 Å². The molecule has 1 unspecified atom stereocenters. The zero-order chi connectivity index (χ0) is 15.0. The summed E-state index contributed by atoms with van der Waals surface area (Å²) in [7, 11) is 0. The lowest BCUT2D eigenvalue weighted by Gasteiger charge is -2.36. The highest BCUT2D eigenvalue weighted by molar-refractivity contribution is 7.10. The maximum atomic E-state index is 13.5. The highest BCUT2D eigenvalue weighted by atomic mass is 32.1. The van der Waals surface area contributed by atoms with E-state index in [4.69, 9.17) is 10.9 Å². The Bertz CT molecular complexity index is 698. The van der Waals surface area contributed by atoms with Crippen LogP contribution in [0.15, 0.2) is 34.8 Å². The minimum Gasteiger partial charge on any atom is -0.409 e. The monoisotopic (exact) mass is 305 g/mol. The first kappa shape index (κ1) is 13.9. The van der Waals surface area contributed by atoms with Crippen LogP contribution in [0.4, 0.5) is 10.1 Å². The molecule has 2 heterocycles. The lowest BCUT2D eigenvalue weighted by Crippen LogP contribution is -2.34. The molecule has 0 saturated heterocycles. The summed E-state index contributed by atoms with van der Waals surface area (Å²) in [6, 6.07) is 6.70. The van der Waals surface area contributed by atoms with Crippen LogP contribution in [0.25, 0.3) is 0 Å². The Kier molecular flexibility index (Phi) is 3.55. The largest absolute Gasteiger partial charge is 0.409 e. The van der Waals surface area contributed by atoms with Crippen molar-refractivity contribution >= 4 is 22.9 Å². The van der Waals surface area contributed by atoms with E-state index in [2.05, 4.69) is 28.4 Å². The van der Waals surface area contributed by atoms with Crippen LogP contribution in [0.2, 0.25) is 0 Å². The molecular weight excluding hydrogens is 289 g/mol. The lowest BCUT2D eigenvalue weighted by atomic mass is 9.99. The summed E-state index contributed by atoms with van der Waals surface area (Å²) in [4.78, 5) is 3.56. The number of nitrogens with zero attached hydrogens (tertiary/aromatic N) is 2. The molecule has 0 amide bonds. The molecule has 1 aromatic carbocycles. The lowest BCUT2D eigenvalue weighted by molar-refractivity contribution is 0.318. The number of halogens is 1. The number of hydrogen-bond donors (Lipinski definition) is 2. The minimum atomic E-state index is -0.402. The number of thiophene rings is 1. The van der Waals surface area contributed by atoms with Crippen LogP contribution in [-0.4, -0.2) is 17.6 Å². The van der Waals surface area contributed by atoms with Crippen LogP contribution in [0, 0.1) is 5.82 Å². The maximum absolute atomic E-state index is 13.5. The first-order valence-corrected chi connectivity index (χ1v) is 7.60. The van der Waals surface area contributed by atoms with Gasteiger partial charge in [0.1, 0.15) is 5.82 Å². The molecule has 0 spiro atoms. The number of nitrogens with two attached hydrogens (primary N) is 1. The van der Waals surface area contributed by atoms with E-state index in [-0.39, 0.29) is 11.9 Å². The van der Waals surface area contributed by atoms with Crippen LogP contribution in [-0.2, 0) is 6.42 Å². The molecule has 1 aliphatic heterocycles. The molecule has 0 aliphatic carbocycles.